The van der Waals surface area contributed by atoms with Gasteiger partial charge in [0.25, 0.3) is 5.97 Å². The molecular formula is C21H19O8P. The van der Waals surface area contributed by atoms with Crippen LogP contribution in [0.1, 0.15) is 6.42 Å². The van der Waals surface area contributed by atoms with Gasteiger partial charge in [0.15, 0.2) is 0 Å². The van der Waals surface area contributed by atoms with E-state index in [1.807, 2.05) is 36.4 Å². The van der Waals surface area contributed by atoms with Crippen molar-refractivity contribution in [2.75, 3.05) is 6.61 Å². The van der Waals surface area contributed by atoms with Crippen LogP contribution in [0.5, 0.6) is 5.75 Å². The standard InChI is InChI=1S/C21H19O8P/c22-11-18-16(23)10-21(24,27-18)29-30(25,26)28-17-9-7-14-5-4-12-2-1-3-13-6-8-15(17)20(14)19(12)13/h1-9,16,18,22-24H,10-11H2,(H,25,26)/t16-,18+,21-/m0/s1. The fourth-order valence-electron chi connectivity index (χ4n) is 4.09. The quantitative estimate of drug-likeness (QED) is 0.216. The smallest absolute Gasteiger partial charge is 0.403 e. The van der Waals surface area contributed by atoms with Crippen LogP contribution in [-0.2, 0) is 13.8 Å². The first-order valence-corrected chi connectivity index (χ1v) is 10.9. The summed E-state index contributed by atoms with van der Waals surface area (Å²) >= 11 is 0. The zero-order chi connectivity index (χ0) is 21.1. The number of aliphatic hydroxyl groups is 3. The van der Waals surface area contributed by atoms with Crippen molar-refractivity contribution in [3.8, 4) is 5.75 Å². The normalized spacial score (nSPS) is 26.5. The maximum Gasteiger partial charge on any atom is 0.531 e. The van der Waals surface area contributed by atoms with Gasteiger partial charge in [0.05, 0.1) is 19.1 Å². The maximum absolute atomic E-state index is 12.6. The van der Waals surface area contributed by atoms with Gasteiger partial charge in [0.1, 0.15) is 11.9 Å². The first-order chi connectivity index (χ1) is 14.3. The largest absolute Gasteiger partial charge is 0.531 e. The van der Waals surface area contributed by atoms with E-state index in [2.05, 4.69) is 0 Å². The van der Waals surface area contributed by atoms with Gasteiger partial charge in [0.2, 0.25) is 0 Å². The third kappa shape index (κ3) is 3.23. The van der Waals surface area contributed by atoms with Crippen LogP contribution in [0.25, 0.3) is 32.3 Å². The van der Waals surface area contributed by atoms with Crippen LogP contribution in [0.3, 0.4) is 0 Å². The molecule has 4 atom stereocenters. The molecule has 1 aliphatic rings. The molecule has 0 saturated carbocycles. The number of ether oxygens (including phenoxy) is 1. The molecule has 0 aromatic heterocycles. The fourth-order valence-corrected chi connectivity index (χ4v) is 5.01. The van der Waals surface area contributed by atoms with Gasteiger partial charge in [-0.1, -0.05) is 42.5 Å². The van der Waals surface area contributed by atoms with E-state index in [-0.39, 0.29) is 5.75 Å². The first-order valence-electron chi connectivity index (χ1n) is 9.37. The van der Waals surface area contributed by atoms with E-state index in [0.29, 0.717) is 5.39 Å². The van der Waals surface area contributed by atoms with Gasteiger partial charge in [-0.2, -0.15) is 0 Å². The predicted octanol–water partition coefficient (Wildman–Crippen LogP) is 2.87. The Hall–Kier alpha value is -2.29. The van der Waals surface area contributed by atoms with Crippen LogP contribution >= 0.6 is 7.82 Å². The Bertz CT molecular complexity index is 1270. The fraction of sp³-hybridized carbons (Fsp3) is 0.238. The Morgan fingerprint density at radius 2 is 1.67 bits per heavy atom. The Kier molecular flexibility index (Phi) is 4.50. The SMILES string of the molecule is O=P(O)(Oc1ccc2ccc3cccc4ccc1c2c34)O[C@]1(O)C[C@H](O)[C@@H](CO)O1. The van der Waals surface area contributed by atoms with Crippen molar-refractivity contribution in [3.05, 3.63) is 54.6 Å². The van der Waals surface area contributed by atoms with Crippen LogP contribution in [0.2, 0.25) is 0 Å². The van der Waals surface area contributed by atoms with Crippen molar-refractivity contribution >= 4 is 40.1 Å². The Morgan fingerprint density at radius 3 is 2.33 bits per heavy atom. The Labute approximate surface area is 170 Å². The molecule has 9 heteroatoms. The highest BCUT2D eigenvalue weighted by Crippen LogP contribution is 2.52. The maximum atomic E-state index is 12.6. The van der Waals surface area contributed by atoms with E-state index in [9.17, 15) is 19.7 Å². The van der Waals surface area contributed by atoms with Gasteiger partial charge in [-0.25, -0.2) is 9.09 Å². The topological polar surface area (TPSA) is 126 Å². The van der Waals surface area contributed by atoms with Crippen LogP contribution in [0.4, 0.5) is 0 Å². The van der Waals surface area contributed by atoms with Crippen LogP contribution < -0.4 is 4.52 Å². The minimum Gasteiger partial charge on any atom is -0.403 e. The summed E-state index contributed by atoms with van der Waals surface area (Å²) in [6.07, 6.45) is -2.90. The molecule has 1 saturated heterocycles. The molecule has 5 rings (SSSR count). The van der Waals surface area contributed by atoms with Crippen molar-refractivity contribution in [1.82, 2.24) is 0 Å². The zero-order valence-corrected chi connectivity index (χ0v) is 16.5. The van der Waals surface area contributed by atoms with Crippen LogP contribution in [-0.4, -0.2) is 45.0 Å². The number of phosphoric ester groups is 1. The van der Waals surface area contributed by atoms with Crippen molar-refractivity contribution in [1.29, 1.82) is 0 Å². The number of hydrogen-bond donors (Lipinski definition) is 4. The summed E-state index contributed by atoms with van der Waals surface area (Å²) in [6, 6.07) is 17.0. The third-order valence-corrected chi connectivity index (χ3v) is 6.32. The van der Waals surface area contributed by atoms with Crippen molar-refractivity contribution < 1.29 is 38.6 Å². The molecule has 30 heavy (non-hydrogen) atoms. The van der Waals surface area contributed by atoms with Gasteiger partial charge < -0.3 is 24.6 Å². The lowest BCUT2D eigenvalue weighted by molar-refractivity contribution is -0.315. The molecule has 156 valence electrons. The molecule has 0 radical (unpaired) electrons. The summed E-state index contributed by atoms with van der Waals surface area (Å²) in [5.74, 6) is -2.45. The number of hydrogen-bond acceptors (Lipinski definition) is 7. The lowest BCUT2D eigenvalue weighted by Crippen LogP contribution is -2.32. The van der Waals surface area contributed by atoms with Crippen molar-refractivity contribution in [2.45, 2.75) is 24.6 Å². The first kappa shape index (κ1) is 19.7. The van der Waals surface area contributed by atoms with Crippen molar-refractivity contribution in [3.63, 3.8) is 0 Å². The number of benzene rings is 4. The van der Waals surface area contributed by atoms with Crippen LogP contribution in [0.15, 0.2) is 54.6 Å². The molecule has 4 aromatic carbocycles. The number of aliphatic hydroxyl groups excluding tert-OH is 2. The van der Waals surface area contributed by atoms with E-state index in [1.54, 1.807) is 18.2 Å². The average Bonchev–Trinajstić information content (AvgIpc) is 2.99. The summed E-state index contributed by atoms with van der Waals surface area (Å²) < 4.78 is 27.7. The Balaban J connectivity index is 1.53. The average molecular weight is 430 g/mol. The third-order valence-electron chi connectivity index (χ3n) is 5.37. The summed E-state index contributed by atoms with van der Waals surface area (Å²) in [7, 11) is -4.85. The van der Waals surface area contributed by atoms with Gasteiger partial charge in [-0.05, 0) is 33.7 Å². The monoisotopic (exact) mass is 430 g/mol. The minimum atomic E-state index is -4.85. The minimum absolute atomic E-state index is 0.104. The van der Waals surface area contributed by atoms with Gasteiger partial charge in [0, 0.05) is 10.8 Å². The highest BCUT2D eigenvalue weighted by atomic mass is 31.2. The summed E-state index contributed by atoms with van der Waals surface area (Å²) in [5.41, 5.74) is 0. The molecule has 0 aliphatic carbocycles. The molecule has 4 aromatic rings. The highest BCUT2D eigenvalue weighted by molar-refractivity contribution is 7.47. The predicted molar refractivity (Wildman–Crippen MR) is 109 cm³/mol. The molecular weight excluding hydrogens is 411 g/mol. The highest BCUT2D eigenvalue weighted by Gasteiger charge is 2.50. The molecule has 4 N–H and O–H groups in total. The molecule has 0 spiro atoms. The van der Waals surface area contributed by atoms with Gasteiger partial charge in [-0.15, -0.1) is 0 Å². The molecule has 0 amide bonds. The van der Waals surface area contributed by atoms with E-state index in [0.717, 1.165) is 26.9 Å². The number of phosphoric acid groups is 1. The molecule has 1 heterocycles. The van der Waals surface area contributed by atoms with E-state index < -0.39 is 39.0 Å². The second-order valence-electron chi connectivity index (χ2n) is 7.39. The second-order valence-corrected chi connectivity index (χ2v) is 8.70. The molecule has 8 nitrogen and oxygen atoms in total. The summed E-state index contributed by atoms with van der Waals surface area (Å²) in [5, 5.41) is 34.7. The van der Waals surface area contributed by atoms with E-state index in [4.69, 9.17) is 18.9 Å². The lowest BCUT2D eigenvalue weighted by Gasteiger charge is -2.25. The van der Waals surface area contributed by atoms with E-state index >= 15 is 0 Å². The van der Waals surface area contributed by atoms with E-state index in [1.165, 1.54) is 0 Å². The molecule has 1 fully saturated rings. The Morgan fingerprint density at radius 1 is 1.03 bits per heavy atom. The van der Waals surface area contributed by atoms with Gasteiger partial charge >= 0.3 is 7.82 Å². The van der Waals surface area contributed by atoms with Gasteiger partial charge in [-0.3, -0.25) is 4.89 Å². The summed E-state index contributed by atoms with van der Waals surface area (Å²) in [6.45, 7) is -0.585. The van der Waals surface area contributed by atoms with Crippen molar-refractivity contribution in [2.24, 2.45) is 0 Å². The molecule has 1 unspecified atom stereocenters. The molecule has 0 bridgehead atoms. The number of rotatable bonds is 5. The second kappa shape index (κ2) is 6.87. The summed E-state index contributed by atoms with van der Waals surface area (Å²) in [4.78, 5) is 10.3. The lowest BCUT2D eigenvalue weighted by atomic mass is 9.94. The van der Waals surface area contributed by atoms with Crippen LogP contribution in [0, 0.1) is 0 Å². The zero-order valence-electron chi connectivity index (χ0n) is 15.6. The molecule has 1 aliphatic heterocycles.